The summed E-state index contributed by atoms with van der Waals surface area (Å²) in [5, 5.41) is 5.53. The first kappa shape index (κ1) is 24.6. The highest BCUT2D eigenvalue weighted by Crippen LogP contribution is 2.10. The van der Waals surface area contributed by atoms with Gasteiger partial charge >= 0.3 is 5.97 Å². The second kappa shape index (κ2) is 11.7. The highest BCUT2D eigenvalue weighted by Gasteiger charge is 2.22. The monoisotopic (exact) mass is 464 g/mol. The molecule has 0 aliphatic rings. The third kappa shape index (κ3) is 6.50. The number of rotatable bonds is 10. The summed E-state index contributed by atoms with van der Waals surface area (Å²) in [7, 11) is 1.31. The molecule has 2 aromatic carbocycles. The van der Waals surface area contributed by atoms with E-state index >= 15 is 0 Å². The molecule has 34 heavy (non-hydrogen) atoms. The lowest BCUT2D eigenvalue weighted by Crippen LogP contribution is -2.49. The third-order valence-electron chi connectivity index (χ3n) is 5.34. The molecule has 3 aromatic rings. The summed E-state index contributed by atoms with van der Waals surface area (Å²) in [6.45, 7) is 1.62. The minimum Gasteiger partial charge on any atom is -0.469 e. The van der Waals surface area contributed by atoms with Crippen LogP contribution < -0.4 is 16.2 Å². The molecule has 0 saturated carbocycles. The van der Waals surface area contributed by atoms with E-state index in [9.17, 15) is 19.2 Å². The van der Waals surface area contributed by atoms with Gasteiger partial charge in [-0.2, -0.15) is 0 Å². The molecule has 0 aliphatic carbocycles. The van der Waals surface area contributed by atoms with Gasteiger partial charge in [-0.25, -0.2) is 4.98 Å². The Hall–Kier alpha value is -4.01. The quantitative estimate of drug-likeness (QED) is 0.347. The SMILES string of the molecule is COC(=O)CCCNC(=O)[C@H](Cc1ccccc1)NC(=O)Cn1c(=O)c(C)nc2ccccc21. The molecular weight excluding hydrogens is 436 g/mol. The molecule has 0 fully saturated rings. The summed E-state index contributed by atoms with van der Waals surface area (Å²) < 4.78 is 5.96. The zero-order chi connectivity index (χ0) is 24.5. The van der Waals surface area contributed by atoms with Crippen molar-refractivity contribution in [2.24, 2.45) is 0 Å². The molecule has 0 bridgehead atoms. The molecule has 2 amide bonds. The van der Waals surface area contributed by atoms with Crippen LogP contribution >= 0.6 is 0 Å². The maximum atomic E-state index is 13.0. The van der Waals surface area contributed by atoms with Crippen LogP contribution in [0.3, 0.4) is 0 Å². The number of fused-ring (bicyclic) bond motifs is 1. The van der Waals surface area contributed by atoms with Crippen LogP contribution in [0, 0.1) is 6.92 Å². The van der Waals surface area contributed by atoms with Gasteiger partial charge in [0.2, 0.25) is 11.8 Å². The largest absolute Gasteiger partial charge is 0.469 e. The standard InChI is InChI=1S/C25H28N4O5/c1-17-25(33)29(21-12-7-6-11-19(21)27-17)16-22(30)28-20(15-18-9-4-3-5-10-18)24(32)26-14-8-13-23(31)34-2/h3-7,9-12,20H,8,13-16H2,1-2H3,(H,26,32)(H,28,30)/t20-/m0/s1. The summed E-state index contributed by atoms with van der Waals surface area (Å²) in [4.78, 5) is 54.1. The van der Waals surface area contributed by atoms with Crippen molar-refractivity contribution in [3.05, 3.63) is 76.2 Å². The summed E-state index contributed by atoms with van der Waals surface area (Å²) >= 11 is 0. The van der Waals surface area contributed by atoms with Crippen LogP contribution in [0.5, 0.6) is 0 Å². The van der Waals surface area contributed by atoms with Gasteiger partial charge in [-0.1, -0.05) is 42.5 Å². The highest BCUT2D eigenvalue weighted by atomic mass is 16.5. The zero-order valence-corrected chi connectivity index (χ0v) is 19.2. The lowest BCUT2D eigenvalue weighted by atomic mass is 10.1. The highest BCUT2D eigenvalue weighted by molar-refractivity contribution is 5.88. The molecular formula is C25H28N4O5. The fraction of sp³-hybridized carbons (Fsp3) is 0.320. The number of benzene rings is 2. The molecule has 2 N–H and O–H groups in total. The summed E-state index contributed by atoms with van der Waals surface area (Å²) in [6.07, 6.45) is 0.881. The van der Waals surface area contributed by atoms with Crippen LogP contribution in [0.4, 0.5) is 0 Å². The average Bonchev–Trinajstić information content (AvgIpc) is 2.84. The number of aryl methyl sites for hydroxylation is 1. The first-order chi connectivity index (χ1) is 16.4. The summed E-state index contributed by atoms with van der Waals surface area (Å²) in [6, 6.07) is 15.5. The number of methoxy groups -OCH3 is 1. The molecule has 0 radical (unpaired) electrons. The minimum absolute atomic E-state index is 0.184. The van der Waals surface area contributed by atoms with Gasteiger partial charge in [0.25, 0.3) is 5.56 Å². The van der Waals surface area contributed by atoms with Gasteiger partial charge in [0.1, 0.15) is 18.3 Å². The number of carbonyl (C=O) groups is 3. The lowest BCUT2D eigenvalue weighted by molar-refractivity contribution is -0.140. The normalized spacial score (nSPS) is 11.6. The Morgan fingerprint density at radius 1 is 1.06 bits per heavy atom. The van der Waals surface area contributed by atoms with Crippen LogP contribution in [-0.2, 0) is 32.1 Å². The van der Waals surface area contributed by atoms with E-state index in [0.29, 0.717) is 17.5 Å². The first-order valence-corrected chi connectivity index (χ1v) is 11.0. The van der Waals surface area contributed by atoms with E-state index in [-0.39, 0.29) is 49.1 Å². The van der Waals surface area contributed by atoms with Gasteiger partial charge < -0.3 is 15.4 Å². The van der Waals surface area contributed by atoms with Gasteiger partial charge in [0.15, 0.2) is 0 Å². The number of carbonyl (C=O) groups excluding carboxylic acids is 3. The fourth-order valence-electron chi connectivity index (χ4n) is 3.59. The van der Waals surface area contributed by atoms with E-state index in [1.807, 2.05) is 36.4 Å². The van der Waals surface area contributed by atoms with E-state index in [4.69, 9.17) is 0 Å². The molecule has 0 spiro atoms. The van der Waals surface area contributed by atoms with Gasteiger partial charge in [0.05, 0.1) is 18.1 Å². The van der Waals surface area contributed by atoms with Gasteiger partial charge in [-0.05, 0) is 31.0 Å². The van der Waals surface area contributed by atoms with Crippen molar-refractivity contribution in [1.29, 1.82) is 0 Å². The fourth-order valence-corrected chi connectivity index (χ4v) is 3.59. The molecule has 1 heterocycles. The predicted octanol–water partition coefficient (Wildman–Crippen LogP) is 1.50. The Morgan fingerprint density at radius 2 is 1.76 bits per heavy atom. The van der Waals surface area contributed by atoms with Crippen LogP contribution in [0.15, 0.2) is 59.4 Å². The average molecular weight is 465 g/mol. The second-order valence-corrected chi connectivity index (χ2v) is 7.86. The van der Waals surface area contributed by atoms with Gasteiger partial charge in [-0.3, -0.25) is 23.7 Å². The number of ether oxygens (including phenoxy) is 1. The van der Waals surface area contributed by atoms with E-state index < -0.39 is 11.9 Å². The van der Waals surface area contributed by atoms with E-state index in [1.54, 1.807) is 25.1 Å². The molecule has 1 atom stereocenters. The van der Waals surface area contributed by atoms with E-state index in [2.05, 4.69) is 20.4 Å². The van der Waals surface area contributed by atoms with Gasteiger partial charge in [-0.15, -0.1) is 0 Å². The lowest BCUT2D eigenvalue weighted by Gasteiger charge is -2.19. The second-order valence-electron chi connectivity index (χ2n) is 7.86. The van der Waals surface area contributed by atoms with Crippen LogP contribution in [0.1, 0.15) is 24.1 Å². The van der Waals surface area contributed by atoms with Crippen molar-refractivity contribution in [2.45, 2.75) is 38.8 Å². The number of para-hydroxylation sites is 2. The summed E-state index contributed by atoms with van der Waals surface area (Å²) in [5.74, 6) is -1.19. The zero-order valence-electron chi connectivity index (χ0n) is 19.2. The predicted molar refractivity (Wildman–Crippen MR) is 127 cm³/mol. The Morgan fingerprint density at radius 3 is 2.50 bits per heavy atom. The number of amides is 2. The molecule has 1 aromatic heterocycles. The number of hydrogen-bond acceptors (Lipinski definition) is 6. The van der Waals surface area contributed by atoms with Crippen molar-refractivity contribution in [2.75, 3.05) is 13.7 Å². The van der Waals surface area contributed by atoms with Crippen molar-refractivity contribution in [3.63, 3.8) is 0 Å². The number of aromatic nitrogens is 2. The molecule has 3 rings (SSSR count). The van der Waals surface area contributed by atoms with Crippen molar-refractivity contribution in [1.82, 2.24) is 20.2 Å². The Bertz CT molecular complexity index is 1220. The maximum absolute atomic E-state index is 13.0. The molecule has 9 heteroatoms. The summed E-state index contributed by atoms with van der Waals surface area (Å²) in [5.41, 5.74) is 1.95. The van der Waals surface area contributed by atoms with Crippen molar-refractivity contribution >= 4 is 28.8 Å². The van der Waals surface area contributed by atoms with Crippen molar-refractivity contribution < 1.29 is 19.1 Å². The molecule has 178 valence electrons. The van der Waals surface area contributed by atoms with Crippen LogP contribution in [0.2, 0.25) is 0 Å². The van der Waals surface area contributed by atoms with E-state index in [1.165, 1.54) is 11.7 Å². The number of nitrogens with zero attached hydrogens (tertiary/aromatic N) is 2. The molecule has 0 unspecified atom stereocenters. The number of esters is 1. The minimum atomic E-state index is -0.849. The van der Waals surface area contributed by atoms with Gasteiger partial charge in [0, 0.05) is 19.4 Å². The molecule has 9 nitrogen and oxygen atoms in total. The smallest absolute Gasteiger partial charge is 0.305 e. The Balaban J connectivity index is 1.74. The molecule has 0 aliphatic heterocycles. The van der Waals surface area contributed by atoms with Crippen LogP contribution in [0.25, 0.3) is 11.0 Å². The van der Waals surface area contributed by atoms with Crippen LogP contribution in [-0.4, -0.2) is 47.0 Å². The third-order valence-corrected chi connectivity index (χ3v) is 5.34. The van der Waals surface area contributed by atoms with E-state index in [0.717, 1.165) is 5.56 Å². The topological polar surface area (TPSA) is 119 Å². The number of nitrogens with one attached hydrogen (secondary N) is 2. The first-order valence-electron chi connectivity index (χ1n) is 11.0. The maximum Gasteiger partial charge on any atom is 0.305 e. The Labute approximate surface area is 197 Å². The number of hydrogen-bond donors (Lipinski definition) is 2. The van der Waals surface area contributed by atoms with Crippen molar-refractivity contribution in [3.8, 4) is 0 Å². The Kier molecular flexibility index (Phi) is 8.50. The molecule has 0 saturated heterocycles.